The molecule has 0 bridgehead atoms. The summed E-state index contributed by atoms with van der Waals surface area (Å²) in [5, 5.41) is 12.5. The van der Waals surface area contributed by atoms with Crippen molar-refractivity contribution in [3.05, 3.63) is 34.6 Å². The van der Waals surface area contributed by atoms with Gasteiger partial charge in [0.2, 0.25) is 0 Å². The fraction of sp³-hybridized carbons (Fsp3) is 0.455. The minimum Gasteiger partial charge on any atom is -0.395 e. The van der Waals surface area contributed by atoms with E-state index in [1.807, 2.05) is 0 Å². The molecule has 0 spiro atoms. The van der Waals surface area contributed by atoms with E-state index >= 15 is 0 Å². The third kappa shape index (κ3) is 4.06. The summed E-state index contributed by atoms with van der Waals surface area (Å²) in [5.74, 6) is -0.325. The van der Waals surface area contributed by atoms with Gasteiger partial charge in [-0.1, -0.05) is 11.6 Å². The molecule has 0 aliphatic carbocycles. The monoisotopic (exact) mass is 247 g/mol. The molecule has 0 aromatic heterocycles. The van der Waals surface area contributed by atoms with Gasteiger partial charge in [0.1, 0.15) is 5.82 Å². The van der Waals surface area contributed by atoms with Gasteiger partial charge in [-0.05, 0) is 23.8 Å². The lowest BCUT2D eigenvalue weighted by Gasteiger charge is -2.15. The smallest absolute Gasteiger partial charge is 0.123 e. The molecule has 0 fully saturated rings. The molecule has 5 heteroatoms. The molecule has 0 amide bonds. The zero-order chi connectivity index (χ0) is 12.0. The SMILES string of the molecule is COCC(CO)NCc1cc(F)ccc1Cl. The average Bonchev–Trinajstić information content (AvgIpc) is 2.28. The van der Waals surface area contributed by atoms with Crippen molar-refractivity contribution in [3.63, 3.8) is 0 Å². The molecule has 0 saturated carbocycles. The van der Waals surface area contributed by atoms with Crippen LogP contribution in [0.15, 0.2) is 18.2 Å². The van der Waals surface area contributed by atoms with E-state index in [1.165, 1.54) is 18.2 Å². The summed E-state index contributed by atoms with van der Waals surface area (Å²) < 4.78 is 17.8. The highest BCUT2D eigenvalue weighted by molar-refractivity contribution is 6.31. The Morgan fingerprint density at radius 1 is 1.56 bits per heavy atom. The average molecular weight is 248 g/mol. The van der Waals surface area contributed by atoms with Crippen LogP contribution in [0.3, 0.4) is 0 Å². The fourth-order valence-corrected chi connectivity index (χ4v) is 1.49. The standard InChI is InChI=1S/C11H15ClFNO2/c1-16-7-10(6-15)14-5-8-4-9(13)2-3-11(8)12/h2-4,10,14-15H,5-7H2,1H3. The van der Waals surface area contributed by atoms with Gasteiger partial charge in [0.15, 0.2) is 0 Å². The molecular formula is C11H15ClFNO2. The van der Waals surface area contributed by atoms with Crippen LogP contribution in [-0.2, 0) is 11.3 Å². The number of methoxy groups -OCH3 is 1. The number of ether oxygens (including phenoxy) is 1. The number of aliphatic hydroxyl groups excluding tert-OH is 1. The van der Waals surface area contributed by atoms with Crippen LogP contribution in [0.1, 0.15) is 5.56 Å². The Morgan fingerprint density at radius 3 is 2.94 bits per heavy atom. The molecule has 0 saturated heterocycles. The number of rotatable bonds is 6. The summed E-state index contributed by atoms with van der Waals surface area (Å²) in [6.07, 6.45) is 0. The third-order valence-corrected chi connectivity index (χ3v) is 2.55. The Labute approximate surface area is 99.2 Å². The van der Waals surface area contributed by atoms with Crippen molar-refractivity contribution in [2.45, 2.75) is 12.6 Å². The van der Waals surface area contributed by atoms with E-state index in [-0.39, 0.29) is 18.5 Å². The molecule has 0 radical (unpaired) electrons. The highest BCUT2D eigenvalue weighted by Crippen LogP contribution is 2.16. The second-order valence-corrected chi connectivity index (χ2v) is 3.86. The maximum Gasteiger partial charge on any atom is 0.123 e. The topological polar surface area (TPSA) is 41.5 Å². The molecule has 3 nitrogen and oxygen atoms in total. The Kier molecular flexibility index (Phi) is 5.69. The Morgan fingerprint density at radius 2 is 2.31 bits per heavy atom. The van der Waals surface area contributed by atoms with Gasteiger partial charge in [0.05, 0.1) is 19.3 Å². The molecule has 2 N–H and O–H groups in total. The molecule has 1 atom stereocenters. The molecule has 0 heterocycles. The van der Waals surface area contributed by atoms with Crippen molar-refractivity contribution < 1.29 is 14.2 Å². The maximum absolute atomic E-state index is 12.9. The molecule has 16 heavy (non-hydrogen) atoms. The summed E-state index contributed by atoms with van der Waals surface area (Å²) in [4.78, 5) is 0. The summed E-state index contributed by atoms with van der Waals surface area (Å²) in [6, 6.07) is 4.02. The number of benzene rings is 1. The molecule has 0 aliphatic rings. The summed E-state index contributed by atoms with van der Waals surface area (Å²) >= 11 is 5.90. The summed E-state index contributed by atoms with van der Waals surface area (Å²) in [5.41, 5.74) is 0.663. The van der Waals surface area contributed by atoms with Crippen LogP contribution >= 0.6 is 11.6 Å². The van der Waals surface area contributed by atoms with Crippen LogP contribution in [0.25, 0.3) is 0 Å². The first-order valence-electron chi connectivity index (χ1n) is 4.94. The lowest BCUT2D eigenvalue weighted by atomic mass is 10.2. The highest BCUT2D eigenvalue weighted by Gasteiger charge is 2.08. The van der Waals surface area contributed by atoms with Crippen molar-refractivity contribution >= 4 is 11.6 Å². The predicted molar refractivity (Wildman–Crippen MR) is 61.0 cm³/mol. The van der Waals surface area contributed by atoms with Crippen molar-refractivity contribution in [2.75, 3.05) is 20.3 Å². The van der Waals surface area contributed by atoms with E-state index in [4.69, 9.17) is 21.4 Å². The van der Waals surface area contributed by atoms with Gasteiger partial charge < -0.3 is 15.2 Å². The number of hydrogen-bond acceptors (Lipinski definition) is 3. The molecule has 90 valence electrons. The quantitative estimate of drug-likeness (QED) is 0.802. The van der Waals surface area contributed by atoms with Gasteiger partial charge in [-0.25, -0.2) is 4.39 Å². The summed E-state index contributed by atoms with van der Waals surface area (Å²) in [6.45, 7) is 0.745. The number of nitrogens with one attached hydrogen (secondary N) is 1. The lowest BCUT2D eigenvalue weighted by Crippen LogP contribution is -2.36. The first kappa shape index (κ1) is 13.4. The lowest BCUT2D eigenvalue weighted by molar-refractivity contribution is 0.128. The van der Waals surface area contributed by atoms with Gasteiger partial charge in [-0.15, -0.1) is 0 Å². The zero-order valence-electron chi connectivity index (χ0n) is 9.04. The molecule has 1 unspecified atom stereocenters. The van der Waals surface area contributed by atoms with E-state index in [9.17, 15) is 4.39 Å². The predicted octanol–water partition coefficient (Wildman–Crippen LogP) is 1.58. The number of hydrogen-bond donors (Lipinski definition) is 2. The van der Waals surface area contributed by atoms with Crippen molar-refractivity contribution in [1.82, 2.24) is 5.32 Å². The molecular weight excluding hydrogens is 233 g/mol. The van der Waals surface area contributed by atoms with Gasteiger partial charge in [-0.3, -0.25) is 0 Å². The van der Waals surface area contributed by atoms with Crippen molar-refractivity contribution in [1.29, 1.82) is 0 Å². The van der Waals surface area contributed by atoms with Crippen LogP contribution in [0.4, 0.5) is 4.39 Å². The Bertz CT molecular complexity index is 336. The Balaban J connectivity index is 2.55. The molecule has 1 aromatic rings. The van der Waals surface area contributed by atoms with E-state index in [1.54, 1.807) is 7.11 Å². The first-order valence-corrected chi connectivity index (χ1v) is 5.32. The van der Waals surface area contributed by atoms with E-state index in [0.717, 1.165) is 0 Å². The van der Waals surface area contributed by atoms with Gasteiger partial charge in [0.25, 0.3) is 0 Å². The first-order chi connectivity index (χ1) is 7.67. The largest absolute Gasteiger partial charge is 0.395 e. The van der Waals surface area contributed by atoms with Crippen LogP contribution in [0, 0.1) is 5.82 Å². The van der Waals surface area contributed by atoms with Gasteiger partial charge >= 0.3 is 0 Å². The minimum atomic E-state index is -0.325. The summed E-state index contributed by atoms with van der Waals surface area (Å²) in [7, 11) is 1.56. The van der Waals surface area contributed by atoms with E-state index < -0.39 is 0 Å². The van der Waals surface area contributed by atoms with Crippen molar-refractivity contribution in [3.8, 4) is 0 Å². The van der Waals surface area contributed by atoms with Crippen LogP contribution in [0.5, 0.6) is 0 Å². The van der Waals surface area contributed by atoms with Crippen LogP contribution < -0.4 is 5.32 Å². The molecule has 1 aromatic carbocycles. The number of aliphatic hydroxyl groups is 1. The number of halogens is 2. The highest BCUT2D eigenvalue weighted by atomic mass is 35.5. The second-order valence-electron chi connectivity index (χ2n) is 3.45. The molecule has 1 rings (SSSR count). The fourth-order valence-electron chi connectivity index (χ4n) is 1.31. The van der Waals surface area contributed by atoms with E-state index in [0.29, 0.717) is 23.7 Å². The van der Waals surface area contributed by atoms with Crippen LogP contribution in [-0.4, -0.2) is 31.5 Å². The van der Waals surface area contributed by atoms with E-state index in [2.05, 4.69) is 5.32 Å². The van der Waals surface area contributed by atoms with Crippen molar-refractivity contribution in [2.24, 2.45) is 0 Å². The minimum absolute atomic E-state index is 0.0409. The van der Waals surface area contributed by atoms with Gasteiger partial charge in [0, 0.05) is 18.7 Å². The third-order valence-electron chi connectivity index (χ3n) is 2.18. The Hall–Kier alpha value is -0.680. The maximum atomic E-state index is 12.9. The zero-order valence-corrected chi connectivity index (χ0v) is 9.80. The second kappa shape index (κ2) is 6.81. The van der Waals surface area contributed by atoms with Crippen LogP contribution in [0.2, 0.25) is 5.02 Å². The molecule has 0 aliphatic heterocycles. The van der Waals surface area contributed by atoms with Gasteiger partial charge in [-0.2, -0.15) is 0 Å². The normalized spacial score (nSPS) is 12.8.